The molecule has 1 fully saturated rings. The molecule has 1 aliphatic carbocycles. The first-order valence-corrected chi connectivity index (χ1v) is 7.11. The Morgan fingerprint density at radius 3 is 2.67 bits per heavy atom. The van der Waals surface area contributed by atoms with Crippen molar-refractivity contribution in [3.05, 3.63) is 23.9 Å². The van der Waals surface area contributed by atoms with Crippen molar-refractivity contribution in [3.8, 4) is 5.88 Å². The summed E-state index contributed by atoms with van der Waals surface area (Å²) in [5, 5.41) is 3.67. The van der Waals surface area contributed by atoms with E-state index in [1.165, 1.54) is 50.5 Å². The van der Waals surface area contributed by atoms with Crippen LogP contribution in [0.25, 0.3) is 0 Å². The second-order valence-electron chi connectivity index (χ2n) is 5.13. The molecule has 0 aliphatic heterocycles. The number of rotatable bonds is 4. The Kier molecular flexibility index (Phi) is 5.46. The monoisotopic (exact) mass is 248 g/mol. The first-order chi connectivity index (χ1) is 8.88. The maximum Gasteiger partial charge on any atom is 0.213 e. The van der Waals surface area contributed by atoms with Crippen LogP contribution in [0.2, 0.25) is 0 Å². The van der Waals surface area contributed by atoms with Gasteiger partial charge in [-0.1, -0.05) is 32.1 Å². The SMILES string of the molecule is COc1cc(CNC2CCCCCCC2)ccn1. The molecule has 1 aromatic rings. The second-order valence-corrected chi connectivity index (χ2v) is 5.13. The molecule has 1 aliphatic rings. The third-order valence-corrected chi connectivity index (χ3v) is 3.71. The van der Waals surface area contributed by atoms with Crippen LogP contribution >= 0.6 is 0 Å². The highest BCUT2D eigenvalue weighted by atomic mass is 16.5. The molecule has 0 saturated heterocycles. The van der Waals surface area contributed by atoms with E-state index in [0.717, 1.165) is 6.54 Å². The van der Waals surface area contributed by atoms with Crippen molar-refractivity contribution >= 4 is 0 Å². The van der Waals surface area contributed by atoms with Gasteiger partial charge in [-0.05, 0) is 24.5 Å². The van der Waals surface area contributed by atoms with Crippen molar-refractivity contribution in [2.45, 2.75) is 57.5 Å². The lowest BCUT2D eigenvalue weighted by molar-refractivity contribution is 0.385. The summed E-state index contributed by atoms with van der Waals surface area (Å²) in [5.74, 6) is 0.701. The normalized spacial score (nSPS) is 18.1. The van der Waals surface area contributed by atoms with E-state index >= 15 is 0 Å². The summed E-state index contributed by atoms with van der Waals surface area (Å²) in [6.45, 7) is 0.920. The fourth-order valence-corrected chi connectivity index (χ4v) is 2.59. The van der Waals surface area contributed by atoms with Gasteiger partial charge in [0.15, 0.2) is 0 Å². The Morgan fingerprint density at radius 2 is 1.94 bits per heavy atom. The zero-order valence-electron chi connectivity index (χ0n) is 11.3. The van der Waals surface area contributed by atoms with Crippen molar-refractivity contribution in [2.75, 3.05) is 7.11 Å². The highest BCUT2D eigenvalue weighted by Gasteiger charge is 2.10. The molecule has 2 rings (SSSR count). The fraction of sp³-hybridized carbons (Fsp3) is 0.667. The van der Waals surface area contributed by atoms with Gasteiger partial charge in [-0.25, -0.2) is 4.98 Å². The molecule has 0 radical (unpaired) electrons. The number of aromatic nitrogens is 1. The van der Waals surface area contributed by atoms with Crippen LogP contribution in [0, 0.1) is 0 Å². The van der Waals surface area contributed by atoms with Crippen LogP contribution in [0.3, 0.4) is 0 Å². The summed E-state index contributed by atoms with van der Waals surface area (Å²) in [5.41, 5.74) is 1.25. The zero-order chi connectivity index (χ0) is 12.6. The minimum absolute atomic E-state index is 0.685. The van der Waals surface area contributed by atoms with Crippen molar-refractivity contribution in [2.24, 2.45) is 0 Å². The van der Waals surface area contributed by atoms with Gasteiger partial charge in [-0.2, -0.15) is 0 Å². The minimum atomic E-state index is 0.685. The molecule has 1 N–H and O–H groups in total. The summed E-state index contributed by atoms with van der Waals surface area (Å²) < 4.78 is 5.14. The van der Waals surface area contributed by atoms with Gasteiger partial charge in [-0.3, -0.25) is 0 Å². The average Bonchev–Trinajstić information content (AvgIpc) is 2.38. The van der Waals surface area contributed by atoms with Gasteiger partial charge in [0.05, 0.1) is 7.11 Å². The molecule has 0 unspecified atom stereocenters. The topological polar surface area (TPSA) is 34.1 Å². The molecule has 1 heterocycles. The number of hydrogen-bond donors (Lipinski definition) is 1. The third kappa shape index (κ3) is 4.30. The molecule has 0 bridgehead atoms. The number of methoxy groups -OCH3 is 1. The maximum atomic E-state index is 5.14. The van der Waals surface area contributed by atoms with Gasteiger partial charge in [0.1, 0.15) is 0 Å². The number of hydrogen-bond acceptors (Lipinski definition) is 3. The van der Waals surface area contributed by atoms with E-state index in [-0.39, 0.29) is 0 Å². The van der Waals surface area contributed by atoms with E-state index in [1.54, 1.807) is 7.11 Å². The van der Waals surface area contributed by atoms with E-state index in [0.29, 0.717) is 11.9 Å². The van der Waals surface area contributed by atoms with Crippen LogP contribution in [0.15, 0.2) is 18.3 Å². The van der Waals surface area contributed by atoms with Gasteiger partial charge in [-0.15, -0.1) is 0 Å². The highest BCUT2D eigenvalue weighted by Crippen LogP contribution is 2.17. The Hall–Kier alpha value is -1.09. The largest absolute Gasteiger partial charge is 0.481 e. The average molecular weight is 248 g/mol. The molecular weight excluding hydrogens is 224 g/mol. The van der Waals surface area contributed by atoms with Gasteiger partial charge in [0.25, 0.3) is 0 Å². The van der Waals surface area contributed by atoms with E-state index in [2.05, 4.69) is 16.4 Å². The summed E-state index contributed by atoms with van der Waals surface area (Å²) in [4.78, 5) is 4.13. The predicted octanol–water partition coefficient (Wildman–Crippen LogP) is 3.29. The van der Waals surface area contributed by atoms with Crippen LogP contribution in [0.4, 0.5) is 0 Å². The number of nitrogens with one attached hydrogen (secondary N) is 1. The number of pyridine rings is 1. The van der Waals surface area contributed by atoms with Crippen LogP contribution in [0.5, 0.6) is 5.88 Å². The molecule has 0 spiro atoms. The van der Waals surface area contributed by atoms with Gasteiger partial charge in [0, 0.05) is 24.8 Å². The number of ether oxygens (including phenoxy) is 1. The summed E-state index contributed by atoms with van der Waals surface area (Å²) in [7, 11) is 1.66. The van der Waals surface area contributed by atoms with Crippen molar-refractivity contribution in [3.63, 3.8) is 0 Å². The third-order valence-electron chi connectivity index (χ3n) is 3.71. The summed E-state index contributed by atoms with van der Waals surface area (Å²) in [6, 6.07) is 4.75. The Balaban J connectivity index is 1.81. The van der Waals surface area contributed by atoms with Gasteiger partial charge < -0.3 is 10.1 Å². The fourth-order valence-electron chi connectivity index (χ4n) is 2.59. The highest BCUT2D eigenvalue weighted by molar-refractivity contribution is 5.20. The first-order valence-electron chi connectivity index (χ1n) is 7.11. The van der Waals surface area contributed by atoms with Crippen LogP contribution in [-0.2, 0) is 6.54 Å². The molecule has 18 heavy (non-hydrogen) atoms. The zero-order valence-corrected chi connectivity index (χ0v) is 11.3. The molecule has 0 aromatic carbocycles. The first kappa shape index (κ1) is 13.3. The minimum Gasteiger partial charge on any atom is -0.481 e. The Bertz CT molecular complexity index is 346. The smallest absolute Gasteiger partial charge is 0.213 e. The summed E-state index contributed by atoms with van der Waals surface area (Å²) >= 11 is 0. The lowest BCUT2D eigenvalue weighted by Gasteiger charge is -2.21. The van der Waals surface area contributed by atoms with Crippen molar-refractivity contribution in [1.82, 2.24) is 10.3 Å². The molecule has 1 saturated carbocycles. The van der Waals surface area contributed by atoms with E-state index in [9.17, 15) is 0 Å². The number of nitrogens with zero attached hydrogens (tertiary/aromatic N) is 1. The predicted molar refractivity (Wildman–Crippen MR) is 73.7 cm³/mol. The summed E-state index contributed by atoms with van der Waals surface area (Å²) in [6.07, 6.45) is 11.4. The van der Waals surface area contributed by atoms with Crippen LogP contribution in [-0.4, -0.2) is 18.1 Å². The molecule has 3 heteroatoms. The van der Waals surface area contributed by atoms with Crippen molar-refractivity contribution < 1.29 is 4.74 Å². The molecule has 0 amide bonds. The van der Waals surface area contributed by atoms with E-state index in [1.807, 2.05) is 12.3 Å². The lowest BCUT2D eigenvalue weighted by Crippen LogP contribution is -2.29. The molecular formula is C15H24N2O. The van der Waals surface area contributed by atoms with E-state index in [4.69, 9.17) is 4.74 Å². The van der Waals surface area contributed by atoms with Gasteiger partial charge in [0.2, 0.25) is 5.88 Å². The van der Waals surface area contributed by atoms with Gasteiger partial charge >= 0.3 is 0 Å². The maximum absolute atomic E-state index is 5.14. The Morgan fingerprint density at radius 1 is 1.22 bits per heavy atom. The molecule has 0 atom stereocenters. The Labute approximate surface area is 110 Å². The standard InChI is InChI=1S/C15H24N2O/c1-18-15-11-13(9-10-16-15)12-17-14-7-5-3-2-4-6-8-14/h9-11,14,17H,2-8,12H2,1H3. The second kappa shape index (κ2) is 7.37. The van der Waals surface area contributed by atoms with E-state index < -0.39 is 0 Å². The lowest BCUT2D eigenvalue weighted by atomic mass is 9.96. The van der Waals surface area contributed by atoms with Crippen LogP contribution in [0.1, 0.15) is 50.5 Å². The van der Waals surface area contributed by atoms with Crippen LogP contribution < -0.4 is 10.1 Å². The molecule has 3 nitrogen and oxygen atoms in total. The quantitative estimate of drug-likeness (QED) is 0.887. The molecule has 1 aromatic heterocycles. The molecule has 100 valence electrons. The van der Waals surface area contributed by atoms with Crippen molar-refractivity contribution in [1.29, 1.82) is 0 Å².